The fraction of sp³-hybridized carbons (Fsp3) is 0.0164. The SMILES string of the molecule is COc1ccc(N(c2cccc3c2sc2ccccc23)c2cccc3c2sc2ccccc23)cc1.Oc1ccc(N(c2cccc3c2sc2ccccc23)c2cccc3c2sc2ccccc23)cc1. The molecule has 0 aliphatic rings. The predicted molar refractivity (Wildman–Crippen MR) is 302 cm³/mol. The first-order chi connectivity index (χ1) is 34.1. The van der Waals surface area contributed by atoms with Crippen molar-refractivity contribution in [1.82, 2.24) is 0 Å². The second-order valence-corrected chi connectivity index (χ2v) is 21.1. The first kappa shape index (κ1) is 41.5. The summed E-state index contributed by atoms with van der Waals surface area (Å²) < 4.78 is 15.8. The normalized spacial score (nSPS) is 11.6. The number of ether oxygens (including phenoxy) is 1. The molecule has 330 valence electrons. The van der Waals surface area contributed by atoms with Crippen molar-refractivity contribution in [3.63, 3.8) is 0 Å². The van der Waals surface area contributed by atoms with E-state index in [1.165, 1.54) is 92.1 Å². The molecule has 0 amide bonds. The number of phenolic OH excluding ortho intramolecular Hbond substituents is 1. The number of hydrogen-bond acceptors (Lipinski definition) is 8. The minimum Gasteiger partial charge on any atom is -0.508 e. The van der Waals surface area contributed by atoms with Gasteiger partial charge in [-0.05, 0) is 97.1 Å². The first-order valence-electron chi connectivity index (χ1n) is 22.7. The molecule has 0 atom stereocenters. The Labute approximate surface area is 414 Å². The predicted octanol–water partition coefficient (Wildman–Crippen LogP) is 19.5. The number of nitrogens with zero attached hydrogens (tertiary/aromatic N) is 2. The van der Waals surface area contributed by atoms with Gasteiger partial charge in [-0.15, -0.1) is 45.3 Å². The van der Waals surface area contributed by atoms with Crippen molar-refractivity contribution in [3.8, 4) is 11.5 Å². The standard InChI is InChI=1S/C31H21NOS2.C30H19NOS2/c1-33-21-18-16-20(17-19-21)32(26-12-6-10-24-22-8-2-4-14-28(22)34-30(24)26)27-13-7-11-25-23-9-3-5-15-29(23)35-31(25)27;32-20-17-15-19(16-18-20)31(25-11-5-9-23-21-7-1-3-13-27(21)33-29(23)25)26-12-6-10-24-22-8-2-4-14-28(22)34-30(24)26/h2-19H,1H3;1-18,32H. The van der Waals surface area contributed by atoms with E-state index in [0.29, 0.717) is 0 Å². The molecule has 0 aliphatic heterocycles. The lowest BCUT2D eigenvalue weighted by atomic mass is 10.1. The lowest BCUT2D eigenvalue weighted by molar-refractivity contribution is 0.415. The molecule has 0 radical (unpaired) electrons. The number of fused-ring (bicyclic) bond motifs is 12. The quantitative estimate of drug-likeness (QED) is 0.173. The zero-order chi connectivity index (χ0) is 46.0. The Bertz CT molecular complexity index is 3990. The Morgan fingerprint density at radius 1 is 0.304 bits per heavy atom. The van der Waals surface area contributed by atoms with Gasteiger partial charge in [-0.2, -0.15) is 0 Å². The van der Waals surface area contributed by atoms with E-state index in [9.17, 15) is 5.11 Å². The summed E-state index contributed by atoms with van der Waals surface area (Å²) >= 11 is 7.39. The topological polar surface area (TPSA) is 35.9 Å². The highest BCUT2D eigenvalue weighted by Crippen LogP contribution is 2.51. The van der Waals surface area contributed by atoms with Gasteiger partial charge in [-0.3, -0.25) is 0 Å². The average Bonchev–Trinajstić information content (AvgIpc) is 4.19. The third kappa shape index (κ3) is 7.06. The molecule has 14 rings (SSSR count). The van der Waals surface area contributed by atoms with Crippen molar-refractivity contribution in [2.24, 2.45) is 0 Å². The molecule has 4 nitrogen and oxygen atoms in total. The lowest BCUT2D eigenvalue weighted by Gasteiger charge is -2.26. The van der Waals surface area contributed by atoms with Gasteiger partial charge in [-0.25, -0.2) is 0 Å². The van der Waals surface area contributed by atoms with Crippen molar-refractivity contribution >= 4 is 160 Å². The maximum absolute atomic E-state index is 10.00. The molecule has 8 heteroatoms. The van der Waals surface area contributed by atoms with Gasteiger partial charge in [0.25, 0.3) is 0 Å². The van der Waals surface area contributed by atoms with Crippen molar-refractivity contribution in [1.29, 1.82) is 0 Å². The Hall–Kier alpha value is -7.72. The van der Waals surface area contributed by atoms with E-state index in [1.807, 2.05) is 69.6 Å². The monoisotopic (exact) mass is 960 g/mol. The van der Waals surface area contributed by atoms with E-state index in [-0.39, 0.29) is 5.75 Å². The van der Waals surface area contributed by atoms with Crippen LogP contribution in [0, 0.1) is 0 Å². The molecule has 0 saturated carbocycles. The number of thiophene rings is 4. The summed E-state index contributed by atoms with van der Waals surface area (Å²) in [6.45, 7) is 0. The Kier molecular flexibility index (Phi) is 10.3. The van der Waals surface area contributed by atoms with Crippen LogP contribution in [-0.2, 0) is 0 Å². The number of methoxy groups -OCH3 is 1. The molecule has 0 fully saturated rings. The van der Waals surface area contributed by atoms with Crippen molar-refractivity contribution in [3.05, 3.63) is 218 Å². The van der Waals surface area contributed by atoms with Crippen LogP contribution in [0.5, 0.6) is 11.5 Å². The van der Waals surface area contributed by atoms with E-state index in [2.05, 4.69) is 192 Å². The number of benzene rings is 10. The van der Waals surface area contributed by atoms with E-state index in [1.54, 1.807) is 19.2 Å². The zero-order valence-electron chi connectivity index (χ0n) is 37.2. The molecule has 4 aromatic heterocycles. The molecule has 1 N–H and O–H groups in total. The number of anilines is 6. The van der Waals surface area contributed by atoms with Crippen LogP contribution in [-0.4, -0.2) is 12.2 Å². The molecule has 0 aliphatic carbocycles. The van der Waals surface area contributed by atoms with Gasteiger partial charge in [0, 0.05) is 73.3 Å². The molecule has 69 heavy (non-hydrogen) atoms. The summed E-state index contributed by atoms with van der Waals surface area (Å²) in [6.07, 6.45) is 0. The van der Waals surface area contributed by atoms with E-state index >= 15 is 0 Å². The second kappa shape index (κ2) is 17.1. The molecule has 10 aromatic carbocycles. The largest absolute Gasteiger partial charge is 0.508 e. The van der Waals surface area contributed by atoms with E-state index < -0.39 is 0 Å². The van der Waals surface area contributed by atoms with Gasteiger partial charge in [-0.1, -0.05) is 121 Å². The highest BCUT2D eigenvalue weighted by atomic mass is 32.1. The van der Waals surface area contributed by atoms with Crippen LogP contribution in [0.25, 0.3) is 80.7 Å². The number of hydrogen-bond donors (Lipinski definition) is 1. The molecular formula is C61H40N2O2S4. The third-order valence-electron chi connectivity index (χ3n) is 12.9. The van der Waals surface area contributed by atoms with Crippen LogP contribution in [0.15, 0.2) is 218 Å². The van der Waals surface area contributed by atoms with E-state index in [0.717, 1.165) is 28.5 Å². The Morgan fingerprint density at radius 3 is 0.884 bits per heavy atom. The third-order valence-corrected chi connectivity index (χ3v) is 17.8. The van der Waals surface area contributed by atoms with Gasteiger partial charge in [0.2, 0.25) is 0 Å². The van der Waals surface area contributed by atoms with Gasteiger partial charge in [0.1, 0.15) is 11.5 Å². The lowest BCUT2D eigenvalue weighted by Crippen LogP contribution is -2.10. The van der Waals surface area contributed by atoms with Crippen molar-refractivity contribution in [2.45, 2.75) is 0 Å². The second-order valence-electron chi connectivity index (χ2n) is 16.9. The highest BCUT2D eigenvalue weighted by molar-refractivity contribution is 7.28. The van der Waals surface area contributed by atoms with Gasteiger partial charge in [0.15, 0.2) is 0 Å². The summed E-state index contributed by atoms with van der Waals surface area (Å²) in [5.74, 6) is 1.12. The molecular weight excluding hydrogens is 921 g/mol. The fourth-order valence-electron chi connectivity index (χ4n) is 9.78. The maximum atomic E-state index is 10.00. The van der Waals surface area contributed by atoms with Crippen LogP contribution in [0.2, 0.25) is 0 Å². The molecule has 4 heterocycles. The van der Waals surface area contributed by atoms with Gasteiger partial charge in [0.05, 0.1) is 48.7 Å². The molecule has 0 saturated heterocycles. The Balaban J connectivity index is 0.000000136. The van der Waals surface area contributed by atoms with Crippen LogP contribution in [0.1, 0.15) is 0 Å². The summed E-state index contributed by atoms with van der Waals surface area (Å²) in [5.41, 5.74) is 6.81. The van der Waals surface area contributed by atoms with E-state index in [4.69, 9.17) is 4.74 Å². The molecule has 0 unspecified atom stereocenters. The smallest absolute Gasteiger partial charge is 0.119 e. The fourth-order valence-corrected chi connectivity index (χ4v) is 14.6. The zero-order valence-corrected chi connectivity index (χ0v) is 40.4. The van der Waals surface area contributed by atoms with Crippen LogP contribution in [0.3, 0.4) is 0 Å². The number of rotatable bonds is 7. The van der Waals surface area contributed by atoms with Crippen LogP contribution in [0.4, 0.5) is 34.1 Å². The van der Waals surface area contributed by atoms with Crippen LogP contribution < -0.4 is 14.5 Å². The minimum absolute atomic E-state index is 0.267. The van der Waals surface area contributed by atoms with Crippen molar-refractivity contribution < 1.29 is 9.84 Å². The maximum Gasteiger partial charge on any atom is 0.119 e. The Morgan fingerprint density at radius 2 is 0.580 bits per heavy atom. The molecule has 0 spiro atoms. The van der Waals surface area contributed by atoms with Crippen LogP contribution >= 0.6 is 45.3 Å². The van der Waals surface area contributed by atoms with Gasteiger partial charge >= 0.3 is 0 Å². The van der Waals surface area contributed by atoms with Crippen molar-refractivity contribution in [2.75, 3.05) is 16.9 Å². The number of aromatic hydroxyl groups is 1. The highest BCUT2D eigenvalue weighted by Gasteiger charge is 2.23. The summed E-state index contributed by atoms with van der Waals surface area (Å²) in [5, 5.41) is 20.3. The van der Waals surface area contributed by atoms with Gasteiger partial charge < -0.3 is 19.6 Å². The summed E-state index contributed by atoms with van der Waals surface area (Å²) in [4.78, 5) is 4.75. The minimum atomic E-state index is 0.267. The summed E-state index contributed by atoms with van der Waals surface area (Å²) in [7, 11) is 1.71. The molecule has 14 aromatic rings. The summed E-state index contributed by atoms with van der Waals surface area (Å²) in [6, 6.07) is 77.0. The number of phenols is 1. The first-order valence-corrected chi connectivity index (χ1v) is 26.0. The molecule has 0 bridgehead atoms. The average molecular weight is 961 g/mol.